The maximum Gasteiger partial charge on any atom is 0.0228 e. The standard InChI is InChI=1S/C16H30N2/c1-7-16(8-2,9-3)17-12-15-11-13(5)18(10-4)14(15)6/h11,17H,7-10,12H2,1-6H3. The molecule has 0 saturated carbocycles. The van der Waals surface area contributed by atoms with Crippen LogP contribution in [0.15, 0.2) is 6.07 Å². The van der Waals surface area contributed by atoms with Crippen LogP contribution in [0, 0.1) is 13.8 Å². The first-order valence-corrected chi connectivity index (χ1v) is 7.44. The molecule has 1 aromatic rings. The van der Waals surface area contributed by atoms with Crippen molar-refractivity contribution >= 4 is 0 Å². The molecule has 0 radical (unpaired) electrons. The lowest BCUT2D eigenvalue weighted by atomic mass is 9.89. The van der Waals surface area contributed by atoms with E-state index < -0.39 is 0 Å². The first-order chi connectivity index (χ1) is 8.53. The van der Waals surface area contributed by atoms with Crippen LogP contribution in [0.2, 0.25) is 0 Å². The summed E-state index contributed by atoms with van der Waals surface area (Å²) >= 11 is 0. The lowest BCUT2D eigenvalue weighted by Gasteiger charge is -2.32. The third-order valence-corrected chi connectivity index (χ3v) is 4.68. The predicted octanol–water partition coefficient (Wildman–Crippen LogP) is 4.18. The summed E-state index contributed by atoms with van der Waals surface area (Å²) in [7, 11) is 0. The molecule has 0 atom stereocenters. The molecule has 0 bridgehead atoms. The molecular weight excluding hydrogens is 220 g/mol. The minimum atomic E-state index is 0.314. The summed E-state index contributed by atoms with van der Waals surface area (Å²) in [6, 6.07) is 2.33. The monoisotopic (exact) mass is 250 g/mol. The van der Waals surface area contributed by atoms with Gasteiger partial charge in [0, 0.05) is 30.0 Å². The fraction of sp³-hybridized carbons (Fsp3) is 0.750. The van der Waals surface area contributed by atoms with Crippen molar-refractivity contribution in [2.75, 3.05) is 0 Å². The highest BCUT2D eigenvalue weighted by molar-refractivity contribution is 5.26. The quantitative estimate of drug-likeness (QED) is 0.768. The van der Waals surface area contributed by atoms with E-state index in [1.807, 2.05) is 0 Å². The van der Waals surface area contributed by atoms with Crippen molar-refractivity contribution in [2.24, 2.45) is 0 Å². The van der Waals surface area contributed by atoms with Gasteiger partial charge >= 0.3 is 0 Å². The minimum Gasteiger partial charge on any atom is -0.349 e. The van der Waals surface area contributed by atoms with Crippen molar-refractivity contribution in [1.82, 2.24) is 9.88 Å². The lowest BCUT2D eigenvalue weighted by molar-refractivity contribution is 0.288. The van der Waals surface area contributed by atoms with Gasteiger partial charge in [0.05, 0.1) is 0 Å². The zero-order valence-electron chi connectivity index (χ0n) is 13.1. The third kappa shape index (κ3) is 2.97. The fourth-order valence-corrected chi connectivity index (χ4v) is 2.95. The van der Waals surface area contributed by atoms with Crippen LogP contribution in [0.3, 0.4) is 0 Å². The van der Waals surface area contributed by atoms with Crippen molar-refractivity contribution in [2.45, 2.75) is 79.4 Å². The van der Waals surface area contributed by atoms with Crippen LogP contribution in [0.25, 0.3) is 0 Å². The van der Waals surface area contributed by atoms with Crippen molar-refractivity contribution in [1.29, 1.82) is 0 Å². The first kappa shape index (κ1) is 15.3. The van der Waals surface area contributed by atoms with Crippen molar-refractivity contribution in [3.63, 3.8) is 0 Å². The molecule has 0 aliphatic rings. The van der Waals surface area contributed by atoms with Gasteiger partial charge in [-0.3, -0.25) is 0 Å². The molecule has 1 heterocycles. The summed E-state index contributed by atoms with van der Waals surface area (Å²) in [5.74, 6) is 0. The maximum atomic E-state index is 3.79. The van der Waals surface area contributed by atoms with Crippen molar-refractivity contribution in [3.05, 3.63) is 23.0 Å². The number of nitrogens with zero attached hydrogens (tertiary/aromatic N) is 1. The number of hydrogen-bond acceptors (Lipinski definition) is 1. The molecule has 1 rings (SSSR count). The van der Waals surface area contributed by atoms with Crippen molar-refractivity contribution in [3.8, 4) is 0 Å². The van der Waals surface area contributed by atoms with E-state index in [0.29, 0.717) is 5.54 Å². The van der Waals surface area contributed by atoms with Crippen molar-refractivity contribution < 1.29 is 0 Å². The summed E-state index contributed by atoms with van der Waals surface area (Å²) in [5.41, 5.74) is 4.56. The zero-order valence-corrected chi connectivity index (χ0v) is 13.1. The zero-order chi connectivity index (χ0) is 13.8. The Bertz CT molecular complexity index is 364. The molecule has 2 heteroatoms. The Labute approximate surface area is 113 Å². The van der Waals surface area contributed by atoms with Gasteiger partial charge in [-0.2, -0.15) is 0 Å². The Balaban J connectivity index is 2.80. The minimum absolute atomic E-state index is 0.314. The second-order valence-corrected chi connectivity index (χ2v) is 5.34. The van der Waals surface area contributed by atoms with Gasteiger partial charge in [0.2, 0.25) is 0 Å². The largest absolute Gasteiger partial charge is 0.349 e. The SMILES string of the molecule is CCn1c(C)cc(CNC(CC)(CC)CC)c1C. The van der Waals surface area contributed by atoms with Gasteiger partial charge in [-0.1, -0.05) is 20.8 Å². The number of hydrogen-bond donors (Lipinski definition) is 1. The lowest BCUT2D eigenvalue weighted by Crippen LogP contribution is -2.43. The molecule has 104 valence electrons. The maximum absolute atomic E-state index is 3.79. The Hall–Kier alpha value is -0.760. The summed E-state index contributed by atoms with van der Waals surface area (Å²) in [4.78, 5) is 0. The summed E-state index contributed by atoms with van der Waals surface area (Å²) in [6.07, 6.45) is 3.60. The number of aryl methyl sites for hydroxylation is 1. The predicted molar refractivity (Wildman–Crippen MR) is 80.0 cm³/mol. The van der Waals surface area contributed by atoms with Crippen LogP contribution in [0.1, 0.15) is 63.9 Å². The third-order valence-electron chi connectivity index (χ3n) is 4.68. The van der Waals surface area contributed by atoms with E-state index in [1.54, 1.807) is 0 Å². The van der Waals surface area contributed by atoms with Crippen LogP contribution in [0.5, 0.6) is 0 Å². The van der Waals surface area contributed by atoms with Crippen LogP contribution in [-0.4, -0.2) is 10.1 Å². The van der Waals surface area contributed by atoms with Gasteiger partial charge in [0.1, 0.15) is 0 Å². The van der Waals surface area contributed by atoms with E-state index in [4.69, 9.17) is 0 Å². The second-order valence-electron chi connectivity index (χ2n) is 5.34. The number of rotatable bonds is 7. The molecular formula is C16H30N2. The fourth-order valence-electron chi connectivity index (χ4n) is 2.95. The molecule has 1 N–H and O–H groups in total. The van der Waals surface area contributed by atoms with Crippen LogP contribution < -0.4 is 5.32 Å². The molecule has 0 aromatic carbocycles. The van der Waals surface area contributed by atoms with E-state index in [1.165, 1.54) is 36.2 Å². The van der Waals surface area contributed by atoms with E-state index in [-0.39, 0.29) is 0 Å². The average Bonchev–Trinajstić information content (AvgIpc) is 2.66. The number of nitrogens with one attached hydrogen (secondary N) is 1. The van der Waals surface area contributed by atoms with Crippen LogP contribution >= 0.6 is 0 Å². The van der Waals surface area contributed by atoms with Crippen LogP contribution in [0.4, 0.5) is 0 Å². The van der Waals surface area contributed by atoms with E-state index in [9.17, 15) is 0 Å². The van der Waals surface area contributed by atoms with E-state index >= 15 is 0 Å². The smallest absolute Gasteiger partial charge is 0.0228 e. The van der Waals surface area contributed by atoms with Gasteiger partial charge in [-0.05, 0) is 51.7 Å². The Kier molecular flexibility index (Phi) is 5.46. The Morgan fingerprint density at radius 1 is 1.06 bits per heavy atom. The molecule has 0 unspecified atom stereocenters. The Morgan fingerprint density at radius 3 is 2.00 bits per heavy atom. The van der Waals surface area contributed by atoms with Gasteiger partial charge < -0.3 is 9.88 Å². The normalized spacial score (nSPS) is 12.1. The average molecular weight is 250 g/mol. The molecule has 0 aliphatic carbocycles. The van der Waals surface area contributed by atoms with Gasteiger partial charge in [0.25, 0.3) is 0 Å². The molecule has 1 aromatic heterocycles. The molecule has 0 saturated heterocycles. The Morgan fingerprint density at radius 2 is 1.61 bits per heavy atom. The van der Waals surface area contributed by atoms with Gasteiger partial charge in [-0.15, -0.1) is 0 Å². The second kappa shape index (κ2) is 6.42. The molecule has 18 heavy (non-hydrogen) atoms. The number of aromatic nitrogens is 1. The van der Waals surface area contributed by atoms with E-state index in [0.717, 1.165) is 13.1 Å². The highest BCUT2D eigenvalue weighted by atomic mass is 15.0. The topological polar surface area (TPSA) is 17.0 Å². The highest BCUT2D eigenvalue weighted by Gasteiger charge is 2.23. The molecule has 0 aliphatic heterocycles. The van der Waals surface area contributed by atoms with E-state index in [2.05, 4.69) is 57.5 Å². The summed E-state index contributed by atoms with van der Waals surface area (Å²) in [5, 5.41) is 3.79. The van der Waals surface area contributed by atoms with Gasteiger partial charge in [0.15, 0.2) is 0 Å². The highest BCUT2D eigenvalue weighted by Crippen LogP contribution is 2.21. The van der Waals surface area contributed by atoms with Gasteiger partial charge in [-0.25, -0.2) is 0 Å². The summed E-state index contributed by atoms with van der Waals surface area (Å²) in [6.45, 7) is 15.6. The van der Waals surface area contributed by atoms with Crippen LogP contribution in [-0.2, 0) is 13.1 Å². The molecule has 0 fully saturated rings. The molecule has 0 amide bonds. The molecule has 2 nitrogen and oxygen atoms in total. The molecule has 0 spiro atoms. The first-order valence-electron chi connectivity index (χ1n) is 7.44. The summed E-state index contributed by atoms with van der Waals surface area (Å²) < 4.78 is 2.39.